The Morgan fingerprint density at radius 2 is 1.97 bits per heavy atom. The van der Waals surface area contributed by atoms with Crippen LogP contribution in [0.25, 0.3) is 5.82 Å². The molecule has 4 N–H and O–H groups in total. The number of alkyl halides is 2. The van der Waals surface area contributed by atoms with Gasteiger partial charge in [-0.25, -0.2) is 27.4 Å². The fourth-order valence-corrected chi connectivity index (χ4v) is 3.48. The lowest BCUT2D eigenvalue weighted by Gasteiger charge is -2.11. The van der Waals surface area contributed by atoms with Crippen molar-refractivity contribution in [2.24, 2.45) is 5.73 Å². The maximum atomic E-state index is 13.7. The highest BCUT2D eigenvalue weighted by atomic mass is 31.2. The quantitative estimate of drug-likeness (QED) is 0.430. The van der Waals surface area contributed by atoms with Crippen molar-refractivity contribution in [2.45, 2.75) is 26.4 Å². The monoisotopic (exact) mass is 470 g/mol. The van der Waals surface area contributed by atoms with Gasteiger partial charge in [-0.1, -0.05) is 0 Å². The molecule has 32 heavy (non-hydrogen) atoms. The standard InChI is InChI=1S/C19H18F3N4O5P/c1-10-17(19(23)27)15(9-31-32(28,29)30)26(25-10)16-7-11(2-3-24-16)4-12-5-13(18(21)22)8-14(20)6-12/h2-3,5-8,18H,4,9H2,1H3,(H2,23,27)(H2,28,29,30). The zero-order valence-electron chi connectivity index (χ0n) is 16.6. The number of hydrogen-bond donors (Lipinski definition) is 3. The minimum atomic E-state index is -4.87. The molecule has 2 aromatic heterocycles. The van der Waals surface area contributed by atoms with Crippen LogP contribution in [0.1, 0.15) is 44.9 Å². The van der Waals surface area contributed by atoms with Crippen LogP contribution >= 0.6 is 7.82 Å². The Balaban J connectivity index is 2.00. The number of hydrogen-bond acceptors (Lipinski definition) is 5. The SMILES string of the molecule is Cc1nn(-c2cc(Cc3cc(F)cc(C(F)F)c3)ccn2)c(COP(=O)(O)O)c1C(N)=O. The molecule has 0 unspecified atom stereocenters. The highest BCUT2D eigenvalue weighted by Crippen LogP contribution is 2.37. The number of primary amides is 1. The molecule has 3 rings (SSSR count). The average molecular weight is 470 g/mol. The van der Waals surface area contributed by atoms with E-state index < -0.39 is 38.1 Å². The predicted octanol–water partition coefficient (Wildman–Crippen LogP) is 2.95. The molecule has 0 spiro atoms. The van der Waals surface area contributed by atoms with Gasteiger partial charge < -0.3 is 15.5 Å². The molecule has 170 valence electrons. The van der Waals surface area contributed by atoms with Gasteiger partial charge in [-0.15, -0.1) is 0 Å². The van der Waals surface area contributed by atoms with Crippen LogP contribution in [0.5, 0.6) is 0 Å². The van der Waals surface area contributed by atoms with Crippen LogP contribution in [-0.2, 0) is 22.1 Å². The number of aryl methyl sites for hydroxylation is 1. The number of amides is 1. The highest BCUT2D eigenvalue weighted by molar-refractivity contribution is 7.46. The topological polar surface area (TPSA) is 141 Å². The molecular weight excluding hydrogens is 452 g/mol. The maximum absolute atomic E-state index is 13.7. The van der Waals surface area contributed by atoms with Crippen molar-refractivity contribution < 1.29 is 36.8 Å². The first-order valence-electron chi connectivity index (χ1n) is 9.06. The van der Waals surface area contributed by atoms with E-state index in [1.807, 2.05) is 0 Å². The fourth-order valence-electron chi connectivity index (χ4n) is 3.19. The van der Waals surface area contributed by atoms with Crippen molar-refractivity contribution in [2.75, 3.05) is 0 Å². The minimum Gasteiger partial charge on any atom is -0.365 e. The van der Waals surface area contributed by atoms with Crippen LogP contribution in [-0.4, -0.2) is 30.5 Å². The third kappa shape index (κ3) is 5.60. The van der Waals surface area contributed by atoms with Crippen LogP contribution in [0.2, 0.25) is 0 Å². The summed E-state index contributed by atoms with van der Waals surface area (Å²) in [6, 6.07) is 6.17. The second-order valence-electron chi connectivity index (χ2n) is 6.84. The third-order valence-electron chi connectivity index (χ3n) is 4.44. The van der Waals surface area contributed by atoms with E-state index in [2.05, 4.69) is 14.6 Å². The molecule has 0 radical (unpaired) electrons. The first-order valence-corrected chi connectivity index (χ1v) is 10.6. The lowest BCUT2D eigenvalue weighted by atomic mass is 10.0. The van der Waals surface area contributed by atoms with Gasteiger partial charge in [0.05, 0.1) is 17.0 Å². The van der Waals surface area contributed by atoms with Gasteiger partial charge >= 0.3 is 7.82 Å². The molecule has 0 aliphatic rings. The average Bonchev–Trinajstić information content (AvgIpc) is 3.02. The second-order valence-corrected chi connectivity index (χ2v) is 8.08. The van der Waals surface area contributed by atoms with Gasteiger partial charge in [0, 0.05) is 11.8 Å². The zero-order chi connectivity index (χ0) is 23.6. The molecule has 2 heterocycles. The number of phosphoric acid groups is 1. The van der Waals surface area contributed by atoms with Gasteiger partial charge in [-0.2, -0.15) is 5.10 Å². The highest BCUT2D eigenvalue weighted by Gasteiger charge is 2.24. The molecule has 0 atom stereocenters. The van der Waals surface area contributed by atoms with Crippen molar-refractivity contribution in [1.29, 1.82) is 0 Å². The minimum absolute atomic E-state index is 0.0336. The van der Waals surface area contributed by atoms with Gasteiger partial charge in [0.2, 0.25) is 0 Å². The second kappa shape index (κ2) is 9.21. The van der Waals surface area contributed by atoms with E-state index >= 15 is 0 Å². The van der Waals surface area contributed by atoms with Crippen LogP contribution in [0, 0.1) is 12.7 Å². The summed E-state index contributed by atoms with van der Waals surface area (Å²) in [7, 11) is -4.87. The molecule has 0 aliphatic carbocycles. The lowest BCUT2D eigenvalue weighted by Crippen LogP contribution is -2.16. The van der Waals surface area contributed by atoms with E-state index in [4.69, 9.17) is 15.5 Å². The molecule has 0 bridgehead atoms. The Labute approximate surface area is 179 Å². The van der Waals surface area contributed by atoms with Crippen molar-refractivity contribution in [3.05, 3.63) is 76.0 Å². The number of nitrogens with zero attached hydrogens (tertiary/aromatic N) is 3. The number of benzene rings is 1. The number of halogens is 3. The largest absolute Gasteiger partial charge is 0.469 e. The van der Waals surface area contributed by atoms with E-state index in [-0.39, 0.29) is 29.2 Å². The van der Waals surface area contributed by atoms with E-state index in [0.717, 1.165) is 16.8 Å². The molecule has 0 fully saturated rings. The number of carbonyl (C=O) groups excluding carboxylic acids is 1. The van der Waals surface area contributed by atoms with Gasteiger partial charge in [-0.05, 0) is 54.8 Å². The van der Waals surface area contributed by atoms with Crippen molar-refractivity contribution in [3.8, 4) is 5.82 Å². The summed E-state index contributed by atoms with van der Waals surface area (Å²) in [5.41, 5.74) is 5.84. The van der Waals surface area contributed by atoms with Gasteiger partial charge in [0.25, 0.3) is 12.3 Å². The number of pyridine rings is 1. The van der Waals surface area contributed by atoms with Gasteiger partial charge in [-0.3, -0.25) is 9.32 Å². The number of nitrogens with two attached hydrogens (primary N) is 1. The van der Waals surface area contributed by atoms with Crippen LogP contribution in [0.3, 0.4) is 0 Å². The first kappa shape index (κ1) is 23.6. The van der Waals surface area contributed by atoms with Crippen LogP contribution in [0.15, 0.2) is 36.5 Å². The smallest absolute Gasteiger partial charge is 0.365 e. The van der Waals surface area contributed by atoms with Crippen LogP contribution in [0.4, 0.5) is 13.2 Å². The number of carbonyl (C=O) groups is 1. The van der Waals surface area contributed by atoms with E-state index in [1.54, 1.807) is 6.07 Å². The lowest BCUT2D eigenvalue weighted by molar-refractivity contribution is 0.0995. The Morgan fingerprint density at radius 3 is 2.59 bits per heavy atom. The summed E-state index contributed by atoms with van der Waals surface area (Å²) in [6.07, 6.45) is -1.36. The van der Waals surface area contributed by atoms with Crippen LogP contribution < -0.4 is 5.73 Å². The molecule has 3 aromatic rings. The number of phosphoric ester groups is 1. The van der Waals surface area contributed by atoms with Crippen molar-refractivity contribution >= 4 is 13.7 Å². The summed E-state index contributed by atoms with van der Waals surface area (Å²) >= 11 is 0. The van der Waals surface area contributed by atoms with Crippen molar-refractivity contribution in [1.82, 2.24) is 14.8 Å². The first-order chi connectivity index (χ1) is 14.9. The number of rotatable bonds is 8. The summed E-state index contributed by atoms with van der Waals surface area (Å²) in [4.78, 5) is 34.0. The Bertz CT molecular complexity index is 1210. The summed E-state index contributed by atoms with van der Waals surface area (Å²) in [5, 5.41) is 4.16. The maximum Gasteiger partial charge on any atom is 0.469 e. The number of aromatic nitrogens is 3. The fraction of sp³-hybridized carbons (Fsp3) is 0.211. The molecule has 0 aliphatic heterocycles. The molecule has 9 nitrogen and oxygen atoms in total. The Morgan fingerprint density at radius 1 is 1.25 bits per heavy atom. The van der Waals surface area contributed by atoms with E-state index in [1.165, 1.54) is 25.3 Å². The van der Waals surface area contributed by atoms with Gasteiger partial charge in [0.15, 0.2) is 5.82 Å². The molecular formula is C19H18F3N4O5P. The molecule has 1 amide bonds. The van der Waals surface area contributed by atoms with E-state index in [0.29, 0.717) is 11.1 Å². The Hall–Kier alpha value is -3.05. The molecule has 0 saturated heterocycles. The summed E-state index contributed by atoms with van der Waals surface area (Å²) in [6.45, 7) is 0.789. The Kier molecular flexibility index (Phi) is 6.79. The molecule has 13 heteroatoms. The van der Waals surface area contributed by atoms with Crippen molar-refractivity contribution in [3.63, 3.8) is 0 Å². The summed E-state index contributed by atoms with van der Waals surface area (Å²) < 4.78 is 56.4. The third-order valence-corrected chi connectivity index (χ3v) is 4.90. The zero-order valence-corrected chi connectivity index (χ0v) is 17.5. The summed E-state index contributed by atoms with van der Waals surface area (Å²) in [5.74, 6) is -1.53. The normalized spacial score (nSPS) is 11.8. The van der Waals surface area contributed by atoms with E-state index in [9.17, 15) is 22.5 Å². The molecule has 1 aromatic carbocycles. The molecule has 0 saturated carbocycles. The predicted molar refractivity (Wildman–Crippen MR) is 106 cm³/mol. The van der Waals surface area contributed by atoms with Gasteiger partial charge in [0.1, 0.15) is 12.4 Å².